The van der Waals surface area contributed by atoms with E-state index in [1.165, 1.54) is 47.8 Å². The number of amides is 1. The molecule has 2 atom stereocenters. The highest BCUT2D eigenvalue weighted by atomic mass is 32.1. The highest BCUT2D eigenvalue weighted by Crippen LogP contribution is 2.44. The zero-order chi connectivity index (χ0) is 13.5. The van der Waals surface area contributed by atoms with Crippen molar-refractivity contribution in [2.75, 3.05) is 19.6 Å². The van der Waals surface area contributed by atoms with Crippen LogP contribution in [0.25, 0.3) is 0 Å². The number of piperidine rings is 1. The number of carbonyl (C=O) groups is 1. The number of hydrogen-bond donors (Lipinski definition) is 0. The summed E-state index contributed by atoms with van der Waals surface area (Å²) in [5.74, 6) is 0.322. The molecule has 2 saturated heterocycles. The van der Waals surface area contributed by atoms with E-state index < -0.39 is 0 Å². The molecular weight excluding hydrogens is 272 g/mol. The van der Waals surface area contributed by atoms with E-state index in [1.807, 2.05) is 0 Å². The Bertz CT molecular complexity index is 511. The van der Waals surface area contributed by atoms with Crippen LogP contribution in [0.5, 0.6) is 0 Å². The minimum absolute atomic E-state index is 0.322. The first kappa shape index (κ1) is 12.7. The van der Waals surface area contributed by atoms with Crippen molar-refractivity contribution in [3.05, 3.63) is 10.6 Å². The van der Waals surface area contributed by atoms with E-state index in [-0.39, 0.29) is 0 Å². The van der Waals surface area contributed by atoms with E-state index >= 15 is 0 Å². The highest BCUT2D eigenvalue weighted by molar-refractivity contribution is 7.05. The third kappa shape index (κ3) is 2.05. The molecule has 1 aromatic heterocycles. The molecule has 0 aliphatic carbocycles. The van der Waals surface area contributed by atoms with Crippen molar-refractivity contribution in [1.29, 1.82) is 0 Å². The Balaban J connectivity index is 1.48. The van der Waals surface area contributed by atoms with Gasteiger partial charge in [0, 0.05) is 31.6 Å². The molecule has 4 rings (SSSR count). The van der Waals surface area contributed by atoms with E-state index in [2.05, 4.69) is 19.4 Å². The summed E-state index contributed by atoms with van der Waals surface area (Å²) in [6.45, 7) is 2.50. The molecule has 20 heavy (non-hydrogen) atoms. The van der Waals surface area contributed by atoms with Crippen LogP contribution >= 0.6 is 11.5 Å². The summed E-state index contributed by atoms with van der Waals surface area (Å²) in [7, 11) is 0. The second-order valence-electron chi connectivity index (χ2n) is 6.15. The fourth-order valence-electron chi connectivity index (χ4n) is 3.91. The van der Waals surface area contributed by atoms with Gasteiger partial charge in [0.1, 0.15) is 0 Å². The van der Waals surface area contributed by atoms with Crippen LogP contribution in [0.1, 0.15) is 48.7 Å². The summed E-state index contributed by atoms with van der Waals surface area (Å²) in [6, 6.07) is 0.905. The molecular formula is C14H20N4OS. The lowest BCUT2D eigenvalue weighted by molar-refractivity contribution is -0.134. The Morgan fingerprint density at radius 2 is 2.10 bits per heavy atom. The van der Waals surface area contributed by atoms with Crippen LogP contribution in [0, 0.1) is 0 Å². The molecule has 3 aliphatic heterocycles. The zero-order valence-electron chi connectivity index (χ0n) is 11.6. The normalized spacial score (nSPS) is 29.5. The second-order valence-corrected chi connectivity index (χ2v) is 6.93. The summed E-state index contributed by atoms with van der Waals surface area (Å²) in [6.07, 6.45) is 6.95. The molecule has 6 heteroatoms. The van der Waals surface area contributed by atoms with Gasteiger partial charge in [0.25, 0.3) is 0 Å². The van der Waals surface area contributed by atoms with Crippen LogP contribution in [0.3, 0.4) is 0 Å². The van der Waals surface area contributed by atoms with Gasteiger partial charge >= 0.3 is 0 Å². The van der Waals surface area contributed by atoms with Gasteiger partial charge in [0.15, 0.2) is 0 Å². The third-order valence-corrected chi connectivity index (χ3v) is 5.85. The third-order valence-electron chi connectivity index (χ3n) is 4.99. The minimum atomic E-state index is 0.322. The average molecular weight is 292 g/mol. The van der Waals surface area contributed by atoms with E-state index in [0.29, 0.717) is 24.5 Å². The Kier molecular flexibility index (Phi) is 3.22. The van der Waals surface area contributed by atoms with Gasteiger partial charge in [-0.3, -0.25) is 9.69 Å². The molecule has 1 amide bonds. The SMILES string of the molecule is O=C(CN1[C@H]2CC[C@@H]1c1snnc1C2)N1CCCCC1. The number of likely N-dealkylation sites (tertiary alicyclic amines) is 1. The molecule has 1 aromatic rings. The average Bonchev–Trinajstić information content (AvgIpc) is 3.05. The van der Waals surface area contributed by atoms with Gasteiger partial charge in [-0.15, -0.1) is 5.10 Å². The summed E-state index contributed by atoms with van der Waals surface area (Å²) >= 11 is 1.52. The van der Waals surface area contributed by atoms with E-state index in [9.17, 15) is 4.79 Å². The monoisotopic (exact) mass is 292 g/mol. The zero-order valence-corrected chi connectivity index (χ0v) is 12.4. The van der Waals surface area contributed by atoms with Crippen molar-refractivity contribution in [3.63, 3.8) is 0 Å². The first-order chi connectivity index (χ1) is 9.83. The van der Waals surface area contributed by atoms with Crippen molar-refractivity contribution >= 4 is 17.4 Å². The predicted molar refractivity (Wildman–Crippen MR) is 76.5 cm³/mol. The van der Waals surface area contributed by atoms with Crippen molar-refractivity contribution in [3.8, 4) is 0 Å². The molecule has 108 valence electrons. The van der Waals surface area contributed by atoms with Crippen LogP contribution in [-0.4, -0.2) is 51.0 Å². The fourth-order valence-corrected chi connectivity index (χ4v) is 4.74. The predicted octanol–water partition coefficient (Wildman–Crippen LogP) is 1.61. The lowest BCUT2D eigenvalue weighted by Gasteiger charge is -2.35. The maximum Gasteiger partial charge on any atom is 0.236 e. The van der Waals surface area contributed by atoms with Crippen molar-refractivity contribution in [2.24, 2.45) is 0 Å². The first-order valence-electron chi connectivity index (χ1n) is 7.67. The van der Waals surface area contributed by atoms with Gasteiger partial charge in [0.2, 0.25) is 5.91 Å². The molecule has 0 aromatic carbocycles. The number of fused-ring (bicyclic) bond motifs is 4. The van der Waals surface area contributed by atoms with Crippen molar-refractivity contribution in [1.82, 2.24) is 19.4 Å². The van der Waals surface area contributed by atoms with E-state index in [0.717, 1.165) is 25.9 Å². The molecule has 4 heterocycles. The minimum Gasteiger partial charge on any atom is -0.342 e. The van der Waals surface area contributed by atoms with Crippen LogP contribution in [0.2, 0.25) is 0 Å². The smallest absolute Gasteiger partial charge is 0.236 e. The van der Waals surface area contributed by atoms with Gasteiger partial charge in [0.05, 0.1) is 17.1 Å². The Labute approximate surface area is 123 Å². The number of hydrogen-bond acceptors (Lipinski definition) is 5. The Morgan fingerprint density at radius 1 is 1.25 bits per heavy atom. The Morgan fingerprint density at radius 3 is 2.95 bits per heavy atom. The molecule has 2 bridgehead atoms. The van der Waals surface area contributed by atoms with Crippen LogP contribution in [0.4, 0.5) is 0 Å². The van der Waals surface area contributed by atoms with Gasteiger partial charge in [-0.05, 0) is 43.6 Å². The molecule has 0 spiro atoms. The van der Waals surface area contributed by atoms with Gasteiger partial charge < -0.3 is 4.90 Å². The molecule has 2 fully saturated rings. The van der Waals surface area contributed by atoms with E-state index in [4.69, 9.17) is 0 Å². The summed E-state index contributed by atoms with van der Waals surface area (Å²) in [5.41, 5.74) is 1.18. The van der Waals surface area contributed by atoms with Crippen LogP contribution in [0.15, 0.2) is 0 Å². The standard InChI is InChI=1S/C14H20N4OS/c19-13(17-6-2-1-3-7-17)9-18-10-4-5-12(18)14-11(8-10)15-16-20-14/h10,12H,1-9H2/t10-,12+/m0/s1. The lowest BCUT2D eigenvalue weighted by atomic mass is 10.1. The number of rotatable bonds is 2. The van der Waals surface area contributed by atoms with Gasteiger partial charge in [-0.2, -0.15) is 0 Å². The summed E-state index contributed by atoms with van der Waals surface area (Å²) < 4.78 is 4.10. The maximum absolute atomic E-state index is 12.5. The fraction of sp³-hybridized carbons (Fsp3) is 0.786. The summed E-state index contributed by atoms with van der Waals surface area (Å²) in [5, 5.41) is 4.25. The quantitative estimate of drug-likeness (QED) is 0.831. The summed E-state index contributed by atoms with van der Waals surface area (Å²) in [4.78, 5) is 18.3. The first-order valence-corrected chi connectivity index (χ1v) is 8.45. The lowest BCUT2D eigenvalue weighted by Crippen LogP contribution is -2.46. The van der Waals surface area contributed by atoms with Crippen molar-refractivity contribution in [2.45, 2.75) is 50.6 Å². The molecule has 0 N–H and O–H groups in total. The van der Waals surface area contributed by atoms with Crippen LogP contribution < -0.4 is 0 Å². The van der Waals surface area contributed by atoms with Gasteiger partial charge in [-0.25, -0.2) is 0 Å². The number of aromatic nitrogens is 2. The topological polar surface area (TPSA) is 49.3 Å². The second kappa shape index (κ2) is 5.07. The van der Waals surface area contributed by atoms with Crippen molar-refractivity contribution < 1.29 is 4.79 Å². The molecule has 3 aliphatic rings. The van der Waals surface area contributed by atoms with Crippen LogP contribution in [-0.2, 0) is 11.2 Å². The maximum atomic E-state index is 12.5. The molecule has 0 saturated carbocycles. The molecule has 5 nitrogen and oxygen atoms in total. The number of carbonyl (C=O) groups excluding carboxylic acids is 1. The highest BCUT2D eigenvalue weighted by Gasteiger charge is 2.43. The molecule has 0 radical (unpaired) electrons. The Hall–Kier alpha value is -1.01. The van der Waals surface area contributed by atoms with Gasteiger partial charge in [-0.1, -0.05) is 4.49 Å². The number of nitrogens with zero attached hydrogens (tertiary/aromatic N) is 4. The largest absolute Gasteiger partial charge is 0.342 e. The van der Waals surface area contributed by atoms with E-state index in [1.54, 1.807) is 0 Å². The molecule has 0 unspecified atom stereocenters.